The van der Waals surface area contributed by atoms with Crippen LogP contribution >= 0.6 is 0 Å². The van der Waals surface area contributed by atoms with Crippen LogP contribution in [0.3, 0.4) is 0 Å². The van der Waals surface area contributed by atoms with Crippen LogP contribution in [0.2, 0.25) is 0 Å². The van der Waals surface area contributed by atoms with Gasteiger partial charge in [0.05, 0.1) is 0 Å². The topological polar surface area (TPSA) is 0 Å². The fourth-order valence-electron chi connectivity index (χ4n) is 1.56. The molecule has 181 valence electrons. The van der Waals surface area contributed by atoms with Crippen molar-refractivity contribution >= 4 is 0 Å². The lowest BCUT2D eigenvalue weighted by Crippen LogP contribution is -2.75. The third-order valence-corrected chi connectivity index (χ3v) is 3.52. The summed E-state index contributed by atoms with van der Waals surface area (Å²) in [5.74, 6) is -65.9. The molecular formula is C11H4F19. The largest absolute Gasteiger partial charge is 0.385 e. The molecule has 0 nitrogen and oxygen atoms in total. The fraction of sp³-hybridized carbons (Fsp3) is 0.909. The quantitative estimate of drug-likeness (QED) is 0.306. The standard InChI is InChI=1S/C11H4F19/c1-2(12)4(15,16)6(19,20)8(23,24)10(27,28)11(29,30)9(25,26)7(21,22)5(17,18)3(13)14/h2H,1H3. The molecule has 0 fully saturated rings. The first-order chi connectivity index (χ1) is 12.6. The second-order valence-corrected chi connectivity index (χ2v) is 5.52. The number of hydrogen-bond donors (Lipinski definition) is 0. The molecule has 0 aromatic carbocycles. The minimum atomic E-state index is -8.81. The van der Waals surface area contributed by atoms with Crippen molar-refractivity contribution < 1.29 is 83.4 Å². The first-order valence-electron chi connectivity index (χ1n) is 6.49. The Labute approximate surface area is 152 Å². The molecule has 1 unspecified atom stereocenters. The Kier molecular flexibility index (Phi) is 6.78. The number of halogens is 19. The molecule has 30 heavy (non-hydrogen) atoms. The zero-order valence-corrected chi connectivity index (χ0v) is 13.3. The Balaban J connectivity index is 6.82. The van der Waals surface area contributed by atoms with Gasteiger partial charge in [0.2, 0.25) is 0 Å². The number of hydrogen-bond acceptors (Lipinski definition) is 0. The second-order valence-electron chi connectivity index (χ2n) is 5.52. The smallest absolute Gasteiger partial charge is 0.241 e. The average Bonchev–Trinajstić information content (AvgIpc) is 2.52. The molecule has 0 spiro atoms. The molecule has 0 aliphatic heterocycles. The van der Waals surface area contributed by atoms with E-state index < -0.39 is 66.9 Å². The normalized spacial score (nSPS) is 17.5. The number of rotatable bonds is 9. The average molecular weight is 497 g/mol. The Morgan fingerprint density at radius 3 is 0.933 bits per heavy atom. The van der Waals surface area contributed by atoms with Crippen molar-refractivity contribution in [1.29, 1.82) is 0 Å². The predicted octanol–water partition coefficient (Wildman–Crippen LogP) is 6.86. The van der Waals surface area contributed by atoms with Crippen LogP contribution in [0.4, 0.5) is 83.4 Å². The maximum Gasteiger partial charge on any atom is 0.385 e. The molecule has 1 radical (unpaired) electrons. The van der Waals surface area contributed by atoms with E-state index in [0.717, 1.165) is 0 Å². The van der Waals surface area contributed by atoms with Gasteiger partial charge in [-0.25, -0.2) is 4.39 Å². The molecule has 0 rings (SSSR count). The van der Waals surface area contributed by atoms with E-state index in [0.29, 0.717) is 0 Å². The molecular weight excluding hydrogens is 493 g/mol. The van der Waals surface area contributed by atoms with Crippen molar-refractivity contribution in [2.75, 3.05) is 0 Å². The molecule has 0 amide bonds. The van der Waals surface area contributed by atoms with Crippen LogP contribution < -0.4 is 0 Å². The number of alkyl halides is 17. The van der Waals surface area contributed by atoms with E-state index in [1.54, 1.807) is 0 Å². The van der Waals surface area contributed by atoms with E-state index in [1.165, 1.54) is 0 Å². The molecule has 0 aliphatic rings. The highest BCUT2D eigenvalue weighted by Crippen LogP contribution is 2.65. The molecule has 0 aromatic heterocycles. The Bertz CT molecular complexity index is 560. The van der Waals surface area contributed by atoms with E-state index in [4.69, 9.17) is 0 Å². The van der Waals surface area contributed by atoms with E-state index in [9.17, 15) is 83.4 Å². The minimum Gasteiger partial charge on any atom is -0.241 e. The highest BCUT2D eigenvalue weighted by Gasteiger charge is 2.95. The van der Waals surface area contributed by atoms with Gasteiger partial charge in [0.1, 0.15) is 0 Å². The van der Waals surface area contributed by atoms with Gasteiger partial charge in [-0.3, -0.25) is 0 Å². The van der Waals surface area contributed by atoms with Crippen molar-refractivity contribution in [3.63, 3.8) is 0 Å². The Hall–Kier alpha value is -1.33. The molecule has 0 aliphatic carbocycles. The summed E-state index contributed by atoms with van der Waals surface area (Å²) in [7, 11) is 0. The zero-order chi connectivity index (χ0) is 25.2. The monoisotopic (exact) mass is 497 g/mol. The van der Waals surface area contributed by atoms with Gasteiger partial charge in [-0.1, -0.05) is 0 Å². The van der Waals surface area contributed by atoms with Gasteiger partial charge in [-0.05, 0) is 6.92 Å². The molecule has 0 saturated heterocycles. The lowest BCUT2D eigenvalue weighted by Gasteiger charge is -2.43. The summed E-state index contributed by atoms with van der Waals surface area (Å²) in [6, 6.07) is 0. The lowest BCUT2D eigenvalue weighted by molar-refractivity contribution is -0.456. The summed E-state index contributed by atoms with van der Waals surface area (Å²) in [6.07, 6.45) is -9.69. The van der Waals surface area contributed by atoms with E-state index in [2.05, 4.69) is 0 Å². The summed E-state index contributed by atoms with van der Waals surface area (Å²) in [5, 5.41) is 0. The summed E-state index contributed by atoms with van der Waals surface area (Å²) in [4.78, 5) is 0. The Morgan fingerprint density at radius 1 is 0.467 bits per heavy atom. The van der Waals surface area contributed by atoms with Crippen LogP contribution in [-0.4, -0.2) is 53.6 Å². The summed E-state index contributed by atoms with van der Waals surface area (Å²) >= 11 is 0. The zero-order valence-electron chi connectivity index (χ0n) is 13.3. The van der Waals surface area contributed by atoms with Gasteiger partial charge in [-0.15, -0.1) is 0 Å². The van der Waals surface area contributed by atoms with E-state index >= 15 is 0 Å². The molecule has 0 saturated carbocycles. The van der Waals surface area contributed by atoms with Gasteiger partial charge < -0.3 is 0 Å². The second kappa shape index (κ2) is 7.09. The molecule has 0 N–H and O–H groups in total. The third-order valence-electron chi connectivity index (χ3n) is 3.52. The Morgan fingerprint density at radius 2 is 0.700 bits per heavy atom. The van der Waals surface area contributed by atoms with Gasteiger partial charge in [0, 0.05) is 0 Å². The summed E-state index contributed by atoms with van der Waals surface area (Å²) in [5.41, 5.74) is 0. The maximum atomic E-state index is 13.2. The first kappa shape index (κ1) is 28.7. The van der Waals surface area contributed by atoms with Crippen molar-refractivity contribution in [2.45, 2.75) is 60.5 Å². The summed E-state index contributed by atoms with van der Waals surface area (Å²) in [6.45, 7) is -0.719. The van der Waals surface area contributed by atoms with Crippen molar-refractivity contribution in [3.8, 4) is 0 Å². The van der Waals surface area contributed by atoms with Crippen LogP contribution in [-0.2, 0) is 0 Å². The van der Waals surface area contributed by atoms with Crippen molar-refractivity contribution in [1.82, 2.24) is 0 Å². The summed E-state index contributed by atoms with van der Waals surface area (Å²) < 4.78 is 243. The molecule has 1 atom stereocenters. The van der Waals surface area contributed by atoms with Gasteiger partial charge in [0.15, 0.2) is 6.17 Å². The lowest BCUT2D eigenvalue weighted by atomic mass is 9.87. The highest BCUT2D eigenvalue weighted by molar-refractivity contribution is 5.17. The van der Waals surface area contributed by atoms with Gasteiger partial charge >= 0.3 is 53.8 Å². The van der Waals surface area contributed by atoms with Gasteiger partial charge in [0.25, 0.3) is 0 Å². The van der Waals surface area contributed by atoms with Crippen LogP contribution in [0, 0.1) is 6.43 Å². The van der Waals surface area contributed by atoms with Crippen molar-refractivity contribution in [2.24, 2.45) is 0 Å². The third kappa shape index (κ3) is 3.24. The van der Waals surface area contributed by atoms with Crippen LogP contribution in [0.15, 0.2) is 0 Å². The molecule has 0 bridgehead atoms. The maximum absolute atomic E-state index is 13.2. The first-order valence-corrected chi connectivity index (χ1v) is 6.49. The van der Waals surface area contributed by atoms with E-state index in [-0.39, 0.29) is 0 Å². The predicted molar refractivity (Wildman–Crippen MR) is 55.6 cm³/mol. The highest BCUT2D eigenvalue weighted by atomic mass is 19.4. The molecule has 0 aromatic rings. The van der Waals surface area contributed by atoms with Crippen LogP contribution in [0.5, 0.6) is 0 Å². The fourth-order valence-corrected chi connectivity index (χ4v) is 1.56. The van der Waals surface area contributed by atoms with E-state index in [1.807, 2.05) is 0 Å². The molecule has 19 heteroatoms. The van der Waals surface area contributed by atoms with Crippen LogP contribution in [0.25, 0.3) is 0 Å². The van der Waals surface area contributed by atoms with Gasteiger partial charge in [-0.2, -0.15) is 79.0 Å². The van der Waals surface area contributed by atoms with Crippen molar-refractivity contribution in [3.05, 3.63) is 6.43 Å². The minimum absolute atomic E-state index is 0.719. The van der Waals surface area contributed by atoms with Crippen LogP contribution in [0.1, 0.15) is 6.92 Å². The SMILES string of the molecule is CC(F)C(F)(F)C(F)(F)C(F)(F)C(F)(F)C(F)(F)C(F)(F)C(F)(F)C(F)(F)[C](F)F. The molecule has 0 heterocycles.